The zero-order valence-electron chi connectivity index (χ0n) is 12.2. The van der Waals surface area contributed by atoms with Gasteiger partial charge in [-0.2, -0.15) is 0 Å². The molecule has 2 aromatic rings. The van der Waals surface area contributed by atoms with Gasteiger partial charge in [0.25, 0.3) is 0 Å². The molecule has 1 aromatic carbocycles. The van der Waals surface area contributed by atoms with Gasteiger partial charge in [-0.25, -0.2) is 8.78 Å². The minimum absolute atomic E-state index is 0.131. The lowest BCUT2D eigenvalue weighted by Crippen LogP contribution is -2.27. The van der Waals surface area contributed by atoms with Crippen molar-refractivity contribution in [2.75, 3.05) is 0 Å². The first kappa shape index (κ1) is 14.3. The second kappa shape index (κ2) is 5.60. The van der Waals surface area contributed by atoms with Crippen LogP contribution in [0.5, 0.6) is 0 Å². The number of rotatable bonds is 3. The van der Waals surface area contributed by atoms with Gasteiger partial charge in [-0.15, -0.1) is 0 Å². The number of nitrogens with one attached hydrogen (secondary N) is 1. The highest BCUT2D eigenvalue weighted by Gasteiger charge is 2.25. The Morgan fingerprint density at radius 3 is 2.90 bits per heavy atom. The molecule has 4 heteroatoms. The number of hydrogen-bond acceptors (Lipinski definition) is 2. The number of halogens is 2. The number of aryl methyl sites for hydroxylation is 2. The molecule has 21 heavy (non-hydrogen) atoms. The lowest BCUT2D eigenvalue weighted by atomic mass is 9.92. The fourth-order valence-electron chi connectivity index (χ4n) is 3.04. The van der Waals surface area contributed by atoms with Gasteiger partial charge in [0.05, 0.1) is 6.26 Å². The third-order valence-electron chi connectivity index (χ3n) is 4.25. The zero-order chi connectivity index (χ0) is 15.0. The molecule has 2 unspecified atom stereocenters. The molecule has 3 rings (SSSR count). The van der Waals surface area contributed by atoms with Gasteiger partial charge in [-0.05, 0) is 50.5 Å². The van der Waals surface area contributed by atoms with E-state index in [1.807, 2.05) is 13.0 Å². The predicted octanol–water partition coefficient (Wildman–Crippen LogP) is 4.59. The van der Waals surface area contributed by atoms with E-state index in [2.05, 4.69) is 5.32 Å². The molecule has 1 aliphatic carbocycles. The minimum Gasteiger partial charge on any atom is -0.469 e. The molecule has 0 spiro atoms. The summed E-state index contributed by atoms with van der Waals surface area (Å²) in [4.78, 5) is 0. The number of benzene rings is 1. The van der Waals surface area contributed by atoms with Crippen LogP contribution in [0.15, 0.2) is 28.9 Å². The summed E-state index contributed by atoms with van der Waals surface area (Å²) >= 11 is 0. The molecule has 1 aliphatic rings. The Hall–Kier alpha value is -1.68. The number of hydrogen-bond donors (Lipinski definition) is 1. The predicted molar refractivity (Wildman–Crippen MR) is 77.0 cm³/mol. The van der Waals surface area contributed by atoms with Crippen molar-refractivity contribution in [3.63, 3.8) is 0 Å². The van der Waals surface area contributed by atoms with Gasteiger partial charge in [0.15, 0.2) is 0 Å². The van der Waals surface area contributed by atoms with Crippen molar-refractivity contribution in [2.45, 2.75) is 45.2 Å². The summed E-state index contributed by atoms with van der Waals surface area (Å²) in [6.45, 7) is 3.43. The Morgan fingerprint density at radius 1 is 1.29 bits per heavy atom. The van der Waals surface area contributed by atoms with Gasteiger partial charge >= 0.3 is 0 Å². The second-order valence-corrected chi connectivity index (χ2v) is 5.76. The smallest absolute Gasteiger partial charge is 0.128 e. The van der Waals surface area contributed by atoms with E-state index in [1.54, 1.807) is 13.2 Å². The lowest BCUT2D eigenvalue weighted by Gasteiger charge is -2.27. The molecular weight excluding hydrogens is 272 g/mol. The maximum Gasteiger partial charge on any atom is 0.128 e. The molecule has 1 aromatic heterocycles. The van der Waals surface area contributed by atoms with Crippen molar-refractivity contribution >= 4 is 0 Å². The van der Waals surface area contributed by atoms with E-state index in [1.165, 1.54) is 12.1 Å². The van der Waals surface area contributed by atoms with Crippen LogP contribution in [0.4, 0.5) is 8.78 Å². The maximum absolute atomic E-state index is 14.0. The molecular formula is C17H19F2NO. The molecule has 0 radical (unpaired) electrons. The molecule has 2 nitrogen and oxygen atoms in total. The SMILES string of the molecule is Cc1cc(F)c(C(C)NC2CCCc3occc32)cc1F. The molecule has 0 fully saturated rings. The highest BCUT2D eigenvalue weighted by molar-refractivity contribution is 5.29. The lowest BCUT2D eigenvalue weighted by molar-refractivity contribution is 0.380. The standard InChI is InChI=1S/C17H19F2NO/c1-10-8-15(19)13(9-14(10)18)11(2)20-16-4-3-5-17-12(16)6-7-21-17/h6-9,11,16,20H,3-5H2,1-2H3. The van der Waals surface area contributed by atoms with E-state index in [0.717, 1.165) is 30.6 Å². The summed E-state index contributed by atoms with van der Waals surface area (Å²) in [5.41, 5.74) is 1.84. The Labute approximate surface area is 123 Å². The van der Waals surface area contributed by atoms with Gasteiger partial charge in [0.1, 0.15) is 17.4 Å². The van der Waals surface area contributed by atoms with E-state index >= 15 is 0 Å². The Balaban J connectivity index is 1.82. The van der Waals surface area contributed by atoms with Crippen LogP contribution in [-0.4, -0.2) is 0 Å². The van der Waals surface area contributed by atoms with Gasteiger partial charge in [-0.3, -0.25) is 0 Å². The van der Waals surface area contributed by atoms with Gasteiger partial charge < -0.3 is 9.73 Å². The van der Waals surface area contributed by atoms with Crippen LogP contribution in [-0.2, 0) is 6.42 Å². The molecule has 0 amide bonds. The van der Waals surface area contributed by atoms with Gasteiger partial charge in [0.2, 0.25) is 0 Å². The van der Waals surface area contributed by atoms with Crippen molar-refractivity contribution in [2.24, 2.45) is 0 Å². The van der Waals surface area contributed by atoms with Crippen molar-refractivity contribution in [3.05, 3.63) is 58.5 Å². The Kier molecular flexibility index (Phi) is 3.81. The topological polar surface area (TPSA) is 25.2 Å². The Bertz CT molecular complexity index is 650. The first-order chi connectivity index (χ1) is 10.1. The van der Waals surface area contributed by atoms with E-state index in [0.29, 0.717) is 11.1 Å². The van der Waals surface area contributed by atoms with Crippen LogP contribution in [0.1, 0.15) is 54.3 Å². The number of fused-ring (bicyclic) bond motifs is 1. The molecule has 0 aliphatic heterocycles. The summed E-state index contributed by atoms with van der Waals surface area (Å²) in [6, 6.07) is 4.39. The average Bonchev–Trinajstić information content (AvgIpc) is 2.92. The fraction of sp³-hybridized carbons (Fsp3) is 0.412. The summed E-state index contributed by atoms with van der Waals surface area (Å²) in [5.74, 6) is 0.270. The fourth-order valence-corrected chi connectivity index (χ4v) is 3.04. The third-order valence-corrected chi connectivity index (χ3v) is 4.25. The van der Waals surface area contributed by atoms with Crippen molar-refractivity contribution in [1.82, 2.24) is 5.32 Å². The summed E-state index contributed by atoms with van der Waals surface area (Å²) < 4.78 is 33.2. The molecule has 1 N–H and O–H groups in total. The number of furan rings is 1. The average molecular weight is 291 g/mol. The molecule has 1 heterocycles. The quantitative estimate of drug-likeness (QED) is 0.894. The summed E-state index contributed by atoms with van der Waals surface area (Å²) in [6.07, 6.45) is 4.66. The molecule has 112 valence electrons. The van der Waals surface area contributed by atoms with Crippen LogP contribution in [0.25, 0.3) is 0 Å². The minimum atomic E-state index is -0.368. The molecule has 0 bridgehead atoms. The third kappa shape index (κ3) is 2.72. The second-order valence-electron chi connectivity index (χ2n) is 5.76. The molecule has 0 saturated carbocycles. The summed E-state index contributed by atoms with van der Waals surface area (Å²) in [7, 11) is 0. The highest BCUT2D eigenvalue weighted by Crippen LogP contribution is 2.33. The highest BCUT2D eigenvalue weighted by atomic mass is 19.1. The molecule has 0 saturated heterocycles. The van der Waals surface area contributed by atoms with Crippen LogP contribution in [0.2, 0.25) is 0 Å². The first-order valence-corrected chi connectivity index (χ1v) is 7.34. The van der Waals surface area contributed by atoms with Gasteiger partial charge in [0, 0.05) is 29.6 Å². The molecule has 2 atom stereocenters. The van der Waals surface area contributed by atoms with E-state index in [-0.39, 0.29) is 23.7 Å². The van der Waals surface area contributed by atoms with Crippen LogP contribution in [0, 0.1) is 18.6 Å². The van der Waals surface area contributed by atoms with E-state index in [9.17, 15) is 8.78 Å². The van der Waals surface area contributed by atoms with E-state index < -0.39 is 0 Å². The van der Waals surface area contributed by atoms with Crippen molar-refractivity contribution < 1.29 is 13.2 Å². The normalized spacial score (nSPS) is 19.3. The van der Waals surface area contributed by atoms with E-state index in [4.69, 9.17) is 4.42 Å². The van der Waals surface area contributed by atoms with Crippen LogP contribution >= 0.6 is 0 Å². The first-order valence-electron chi connectivity index (χ1n) is 7.34. The largest absolute Gasteiger partial charge is 0.469 e. The Morgan fingerprint density at radius 2 is 2.10 bits per heavy atom. The monoisotopic (exact) mass is 291 g/mol. The summed E-state index contributed by atoms with van der Waals surface area (Å²) in [5, 5.41) is 3.40. The zero-order valence-corrected chi connectivity index (χ0v) is 12.2. The maximum atomic E-state index is 14.0. The van der Waals surface area contributed by atoms with Crippen LogP contribution < -0.4 is 5.32 Å². The van der Waals surface area contributed by atoms with Crippen LogP contribution in [0.3, 0.4) is 0 Å². The van der Waals surface area contributed by atoms with Gasteiger partial charge in [-0.1, -0.05) is 0 Å². The van der Waals surface area contributed by atoms with Crippen molar-refractivity contribution in [1.29, 1.82) is 0 Å². The van der Waals surface area contributed by atoms with Crippen molar-refractivity contribution in [3.8, 4) is 0 Å².